The molecule has 0 bridgehead atoms. The van der Waals surface area contributed by atoms with Gasteiger partial charge in [0, 0.05) is 6.04 Å². The number of phenolic OH excluding ortho intramolecular Hbond substituents is 1. The summed E-state index contributed by atoms with van der Waals surface area (Å²) in [5.41, 5.74) is 1.11. The third-order valence-electron chi connectivity index (χ3n) is 6.21. The van der Waals surface area contributed by atoms with Gasteiger partial charge in [-0.3, -0.25) is 0 Å². The van der Waals surface area contributed by atoms with Crippen LogP contribution < -0.4 is 10.6 Å². The number of halogens is 1. The van der Waals surface area contributed by atoms with Crippen LogP contribution in [0, 0.1) is 0 Å². The van der Waals surface area contributed by atoms with E-state index in [2.05, 4.69) is 21.6 Å². The number of allylic oxidation sites excluding steroid dienone is 1. The van der Waals surface area contributed by atoms with E-state index in [1.54, 1.807) is 0 Å². The molecule has 1 aromatic carbocycles. The number of benzene rings is 1. The van der Waals surface area contributed by atoms with Crippen molar-refractivity contribution in [3.05, 3.63) is 28.8 Å². The zero-order valence-corrected chi connectivity index (χ0v) is 19.2. The highest BCUT2D eigenvalue weighted by Gasteiger charge is 2.36. The largest absolute Gasteiger partial charge is 0.504 e. The number of nitrogens with zero attached hydrogens (tertiary/aromatic N) is 1. The second kappa shape index (κ2) is 9.16. The molecule has 3 N–H and O–H groups in total. The monoisotopic (exact) mass is 455 g/mol. The summed E-state index contributed by atoms with van der Waals surface area (Å²) in [4.78, 5) is 14.2. The molecule has 166 valence electrons. The van der Waals surface area contributed by atoms with Gasteiger partial charge >= 0.3 is 6.03 Å². The number of carbonyl (C=O) groups is 1. The molecule has 1 saturated carbocycles. The average Bonchev–Trinajstić information content (AvgIpc) is 3.08. The number of anilines is 1. The molecule has 1 fully saturated rings. The molecule has 0 aromatic heterocycles. The van der Waals surface area contributed by atoms with Gasteiger partial charge in [0.05, 0.1) is 22.0 Å². The second-order valence-electron chi connectivity index (χ2n) is 8.39. The van der Waals surface area contributed by atoms with Gasteiger partial charge in [0.2, 0.25) is 0 Å². The molecule has 7 nitrogen and oxygen atoms in total. The molecule has 30 heavy (non-hydrogen) atoms. The maximum Gasteiger partial charge on any atom is 0.319 e. The number of urea groups is 1. The van der Waals surface area contributed by atoms with Crippen LogP contribution in [-0.2, 0) is 9.84 Å². The number of phenols is 1. The van der Waals surface area contributed by atoms with Crippen LogP contribution in [0.25, 0.3) is 0 Å². The Hall–Kier alpha value is -1.77. The Balaban J connectivity index is 1.78. The smallest absolute Gasteiger partial charge is 0.319 e. The number of aromatic hydroxyl groups is 1. The first-order valence-corrected chi connectivity index (χ1v) is 12.2. The molecule has 2 aliphatic rings. The minimum absolute atomic E-state index is 0.0251. The number of amides is 2. The molecule has 0 heterocycles. The van der Waals surface area contributed by atoms with Crippen molar-refractivity contribution < 1.29 is 18.3 Å². The second-order valence-corrected chi connectivity index (χ2v) is 11.0. The van der Waals surface area contributed by atoms with Crippen molar-refractivity contribution in [2.45, 2.75) is 67.7 Å². The SMILES string of the molecule is CC1=CCCC1NC(=O)Nc1ccc(Cl)c(S(=O)(=O)[C@H]2CC[C@H](N(C)C)CC2)c1O. The Morgan fingerprint density at radius 1 is 1.17 bits per heavy atom. The van der Waals surface area contributed by atoms with E-state index in [1.165, 1.54) is 12.1 Å². The van der Waals surface area contributed by atoms with Crippen LogP contribution >= 0.6 is 11.6 Å². The molecule has 1 aromatic rings. The quantitative estimate of drug-likeness (QED) is 0.461. The van der Waals surface area contributed by atoms with E-state index in [4.69, 9.17) is 11.6 Å². The van der Waals surface area contributed by atoms with Crippen LogP contribution in [0.1, 0.15) is 45.4 Å². The summed E-state index contributed by atoms with van der Waals surface area (Å²) < 4.78 is 26.5. The minimum atomic E-state index is -3.84. The van der Waals surface area contributed by atoms with Crippen molar-refractivity contribution in [3.63, 3.8) is 0 Å². The third-order valence-corrected chi connectivity index (χ3v) is 8.96. The highest BCUT2D eigenvalue weighted by atomic mass is 35.5. The van der Waals surface area contributed by atoms with Gasteiger partial charge in [-0.15, -0.1) is 0 Å². The van der Waals surface area contributed by atoms with Crippen molar-refractivity contribution in [1.29, 1.82) is 0 Å². The number of hydrogen-bond acceptors (Lipinski definition) is 5. The topological polar surface area (TPSA) is 98.7 Å². The van der Waals surface area contributed by atoms with Gasteiger partial charge in [-0.1, -0.05) is 23.3 Å². The Bertz CT molecular complexity index is 938. The van der Waals surface area contributed by atoms with Gasteiger partial charge in [-0.25, -0.2) is 13.2 Å². The molecule has 0 aliphatic heterocycles. The highest BCUT2D eigenvalue weighted by molar-refractivity contribution is 7.92. The molecule has 0 radical (unpaired) electrons. The van der Waals surface area contributed by atoms with E-state index in [0.29, 0.717) is 18.9 Å². The first-order chi connectivity index (χ1) is 14.1. The lowest BCUT2D eigenvalue weighted by Gasteiger charge is -2.32. The van der Waals surface area contributed by atoms with Crippen LogP contribution in [0.2, 0.25) is 5.02 Å². The predicted molar refractivity (Wildman–Crippen MR) is 119 cm³/mol. The number of nitrogens with one attached hydrogen (secondary N) is 2. The van der Waals surface area contributed by atoms with Crippen molar-refractivity contribution in [2.24, 2.45) is 0 Å². The molecule has 2 aliphatic carbocycles. The van der Waals surface area contributed by atoms with Crippen molar-refractivity contribution in [1.82, 2.24) is 10.2 Å². The molecule has 9 heteroatoms. The average molecular weight is 456 g/mol. The van der Waals surface area contributed by atoms with Gasteiger partial charge in [-0.05, 0) is 71.7 Å². The van der Waals surface area contributed by atoms with Crippen LogP contribution in [0.5, 0.6) is 5.75 Å². The number of hydrogen-bond donors (Lipinski definition) is 3. The summed E-state index contributed by atoms with van der Waals surface area (Å²) >= 11 is 6.19. The summed E-state index contributed by atoms with van der Waals surface area (Å²) in [6.07, 6.45) is 6.34. The lowest BCUT2D eigenvalue weighted by molar-refractivity contribution is 0.230. The van der Waals surface area contributed by atoms with Crippen molar-refractivity contribution in [3.8, 4) is 5.75 Å². The lowest BCUT2D eigenvalue weighted by Crippen LogP contribution is -2.37. The molecule has 0 saturated heterocycles. The van der Waals surface area contributed by atoms with Gasteiger partial charge < -0.3 is 20.6 Å². The normalized spacial score (nSPS) is 24.6. The molecule has 0 spiro atoms. The van der Waals surface area contributed by atoms with E-state index in [9.17, 15) is 18.3 Å². The molecule has 1 atom stereocenters. The van der Waals surface area contributed by atoms with E-state index in [0.717, 1.165) is 31.3 Å². The predicted octanol–water partition coefficient (Wildman–Crippen LogP) is 3.92. The number of carbonyl (C=O) groups excluding carboxylic acids is 1. The Morgan fingerprint density at radius 3 is 2.40 bits per heavy atom. The van der Waals surface area contributed by atoms with Gasteiger partial charge in [-0.2, -0.15) is 0 Å². The number of rotatable bonds is 5. The zero-order valence-electron chi connectivity index (χ0n) is 17.6. The van der Waals surface area contributed by atoms with Crippen molar-refractivity contribution in [2.75, 3.05) is 19.4 Å². The zero-order chi connectivity index (χ0) is 22.1. The first-order valence-electron chi connectivity index (χ1n) is 10.3. The van der Waals surface area contributed by atoms with Gasteiger partial charge in [0.15, 0.2) is 15.6 Å². The Kier molecular flexibility index (Phi) is 6.99. The fourth-order valence-electron chi connectivity index (χ4n) is 4.31. The Morgan fingerprint density at radius 2 is 1.83 bits per heavy atom. The number of sulfone groups is 1. The van der Waals surface area contributed by atoms with E-state index in [1.807, 2.05) is 21.0 Å². The van der Waals surface area contributed by atoms with E-state index >= 15 is 0 Å². The van der Waals surface area contributed by atoms with Crippen molar-refractivity contribution >= 4 is 33.2 Å². The summed E-state index contributed by atoms with van der Waals surface area (Å²) in [6, 6.07) is 2.61. The summed E-state index contributed by atoms with van der Waals surface area (Å²) in [6.45, 7) is 1.95. The maximum absolute atomic E-state index is 13.3. The molecular weight excluding hydrogens is 426 g/mol. The highest BCUT2D eigenvalue weighted by Crippen LogP contribution is 2.41. The van der Waals surface area contributed by atoms with E-state index < -0.39 is 26.9 Å². The van der Waals surface area contributed by atoms with Crippen LogP contribution in [0.15, 0.2) is 28.7 Å². The maximum atomic E-state index is 13.3. The molecule has 1 unspecified atom stereocenters. The summed E-state index contributed by atoms with van der Waals surface area (Å²) in [5.74, 6) is -0.508. The minimum Gasteiger partial charge on any atom is -0.504 e. The van der Waals surface area contributed by atoms with Crippen LogP contribution in [0.4, 0.5) is 10.5 Å². The van der Waals surface area contributed by atoms with Crippen LogP contribution in [0.3, 0.4) is 0 Å². The molecular formula is C21H30ClN3O4S. The van der Waals surface area contributed by atoms with Gasteiger partial charge in [0.25, 0.3) is 0 Å². The standard InChI is InChI=1S/C21H30ClN3O4S/c1-13-5-4-6-17(13)23-21(27)24-18-12-11-16(22)20(19(18)26)30(28,29)15-9-7-14(8-10-15)25(2)3/h5,11-12,14-15,17,26H,4,6-10H2,1-3H3,(H2,23,24,27)/t14-,15-,17?. The molecule has 2 amide bonds. The summed E-state index contributed by atoms with van der Waals surface area (Å²) in [5, 5.41) is 15.5. The first kappa shape index (κ1) is 22.9. The van der Waals surface area contributed by atoms with Gasteiger partial charge in [0.1, 0.15) is 4.90 Å². The van der Waals surface area contributed by atoms with Crippen LogP contribution in [-0.4, -0.2) is 55.9 Å². The Labute approximate surface area is 183 Å². The van der Waals surface area contributed by atoms with E-state index in [-0.39, 0.29) is 21.6 Å². The molecule has 3 rings (SSSR count). The third kappa shape index (κ3) is 4.76. The fraction of sp³-hybridized carbons (Fsp3) is 0.571. The summed E-state index contributed by atoms with van der Waals surface area (Å²) in [7, 11) is 0.139. The lowest BCUT2D eigenvalue weighted by atomic mass is 9.94. The fourth-order valence-corrected chi connectivity index (χ4v) is 6.73.